The molecule has 0 aliphatic heterocycles. The van der Waals surface area contributed by atoms with Crippen molar-refractivity contribution in [3.63, 3.8) is 0 Å². The van der Waals surface area contributed by atoms with E-state index in [2.05, 4.69) is 34.6 Å². The van der Waals surface area contributed by atoms with Gasteiger partial charge in [-0.05, 0) is 68.3 Å². The number of hydrogen-bond acceptors (Lipinski definition) is 2. The first kappa shape index (κ1) is 17.7. The van der Waals surface area contributed by atoms with Crippen molar-refractivity contribution in [2.24, 2.45) is 16.7 Å². The van der Waals surface area contributed by atoms with Crippen LogP contribution in [0.3, 0.4) is 0 Å². The van der Waals surface area contributed by atoms with E-state index in [1.165, 1.54) is 36.0 Å². The second-order valence-electron chi connectivity index (χ2n) is 8.46. The highest BCUT2D eigenvalue weighted by Gasteiger charge is 2.51. The zero-order valence-corrected chi connectivity index (χ0v) is 15.1. The Kier molecular flexibility index (Phi) is 5.23. The summed E-state index contributed by atoms with van der Waals surface area (Å²) in [6.45, 7) is 11.6. The molecule has 2 N–H and O–H groups in total. The van der Waals surface area contributed by atoms with Gasteiger partial charge in [-0.2, -0.15) is 0 Å². The van der Waals surface area contributed by atoms with Crippen LogP contribution >= 0.6 is 0 Å². The number of aliphatic hydroxyl groups is 2. The molecule has 2 heteroatoms. The molecule has 0 aromatic rings. The topological polar surface area (TPSA) is 40.5 Å². The van der Waals surface area contributed by atoms with Gasteiger partial charge in [0.1, 0.15) is 0 Å². The molecular formula is C20H34O2. The van der Waals surface area contributed by atoms with Crippen molar-refractivity contribution in [3.05, 3.63) is 22.8 Å². The number of hydrogen-bond donors (Lipinski definition) is 2. The number of fused-ring (bicyclic) bond motifs is 1. The average molecular weight is 306 g/mol. The van der Waals surface area contributed by atoms with Gasteiger partial charge in [0.2, 0.25) is 0 Å². The first-order chi connectivity index (χ1) is 10.2. The summed E-state index contributed by atoms with van der Waals surface area (Å²) in [6.07, 6.45) is 8.38. The minimum absolute atomic E-state index is 0.124. The largest absolute Gasteiger partial charge is 0.392 e. The summed E-state index contributed by atoms with van der Waals surface area (Å²) in [5.74, 6) is 0.574. The predicted octanol–water partition coefficient (Wildman–Crippen LogP) is 4.62. The fraction of sp³-hybridized carbons (Fsp3) is 0.800. The SMILES string of the molecule is CC1=C(CC/C(C)=C/CO)[C@]2(C)CCCC(C)(C)[C@H]2C[C@H]1O. The average Bonchev–Trinajstić information content (AvgIpc) is 2.41. The normalized spacial score (nSPS) is 35.5. The molecule has 0 spiro atoms. The predicted molar refractivity (Wildman–Crippen MR) is 92.6 cm³/mol. The van der Waals surface area contributed by atoms with E-state index in [0.29, 0.717) is 11.3 Å². The van der Waals surface area contributed by atoms with Crippen LogP contribution in [-0.2, 0) is 0 Å². The summed E-state index contributed by atoms with van der Waals surface area (Å²) < 4.78 is 0. The minimum atomic E-state index is -0.271. The Balaban J connectivity index is 2.31. The van der Waals surface area contributed by atoms with Crippen LogP contribution in [0, 0.1) is 16.7 Å². The molecule has 2 aliphatic carbocycles. The van der Waals surface area contributed by atoms with E-state index in [1.54, 1.807) is 0 Å². The molecular weight excluding hydrogens is 272 g/mol. The highest BCUT2D eigenvalue weighted by molar-refractivity contribution is 5.30. The Morgan fingerprint density at radius 2 is 1.95 bits per heavy atom. The molecule has 2 rings (SSSR count). The molecule has 2 nitrogen and oxygen atoms in total. The zero-order valence-electron chi connectivity index (χ0n) is 15.1. The van der Waals surface area contributed by atoms with Crippen LogP contribution in [0.15, 0.2) is 22.8 Å². The molecule has 22 heavy (non-hydrogen) atoms. The van der Waals surface area contributed by atoms with Gasteiger partial charge in [-0.15, -0.1) is 0 Å². The van der Waals surface area contributed by atoms with E-state index in [9.17, 15) is 5.11 Å². The molecule has 3 atom stereocenters. The Morgan fingerprint density at radius 3 is 2.59 bits per heavy atom. The number of allylic oxidation sites excluding steroid dienone is 2. The summed E-state index contributed by atoms with van der Waals surface area (Å²) in [6, 6.07) is 0. The molecule has 126 valence electrons. The van der Waals surface area contributed by atoms with Crippen molar-refractivity contribution < 1.29 is 10.2 Å². The second kappa shape index (κ2) is 6.49. The van der Waals surface area contributed by atoms with Crippen LogP contribution in [0.25, 0.3) is 0 Å². The second-order valence-corrected chi connectivity index (χ2v) is 8.46. The molecule has 1 saturated carbocycles. The molecule has 0 saturated heterocycles. The van der Waals surface area contributed by atoms with Gasteiger partial charge in [0.15, 0.2) is 0 Å². The zero-order chi connectivity index (χ0) is 16.5. The van der Waals surface area contributed by atoms with Gasteiger partial charge in [0, 0.05) is 0 Å². The minimum Gasteiger partial charge on any atom is -0.392 e. The lowest BCUT2D eigenvalue weighted by molar-refractivity contribution is -0.0208. The van der Waals surface area contributed by atoms with Gasteiger partial charge in [0.25, 0.3) is 0 Å². The maximum absolute atomic E-state index is 10.6. The van der Waals surface area contributed by atoms with Crippen LogP contribution in [-0.4, -0.2) is 22.9 Å². The van der Waals surface area contributed by atoms with Crippen LogP contribution in [0.2, 0.25) is 0 Å². The molecule has 1 fully saturated rings. The molecule has 0 amide bonds. The van der Waals surface area contributed by atoms with E-state index in [-0.39, 0.29) is 18.1 Å². The lowest BCUT2D eigenvalue weighted by Crippen LogP contribution is -2.48. The van der Waals surface area contributed by atoms with E-state index in [1.807, 2.05) is 6.08 Å². The third-order valence-electron chi connectivity index (χ3n) is 6.56. The quantitative estimate of drug-likeness (QED) is 0.744. The number of aliphatic hydroxyl groups excluding tert-OH is 2. The molecule has 0 heterocycles. The lowest BCUT2D eigenvalue weighted by Gasteiger charge is -2.56. The van der Waals surface area contributed by atoms with Crippen molar-refractivity contribution in [3.8, 4) is 0 Å². The standard InChI is InChI=1S/C20H34O2/c1-14(9-12-21)7-8-16-15(2)17(22)13-18-19(3,4)10-6-11-20(16,18)5/h9,17-18,21-22H,6-8,10-13H2,1-5H3/b14-9+/t17-,18-,20+/m1/s1. The third kappa shape index (κ3) is 3.19. The van der Waals surface area contributed by atoms with Crippen LogP contribution in [0.4, 0.5) is 0 Å². The summed E-state index contributed by atoms with van der Waals surface area (Å²) >= 11 is 0. The van der Waals surface area contributed by atoms with Crippen molar-refractivity contribution in [1.29, 1.82) is 0 Å². The smallest absolute Gasteiger partial charge is 0.0753 e. The van der Waals surface area contributed by atoms with E-state index < -0.39 is 0 Å². The Hall–Kier alpha value is -0.600. The van der Waals surface area contributed by atoms with Crippen LogP contribution in [0.5, 0.6) is 0 Å². The van der Waals surface area contributed by atoms with E-state index in [0.717, 1.165) is 19.3 Å². The third-order valence-corrected chi connectivity index (χ3v) is 6.56. The lowest BCUT2D eigenvalue weighted by atomic mass is 9.49. The molecule has 0 radical (unpaired) electrons. The van der Waals surface area contributed by atoms with Crippen molar-refractivity contribution >= 4 is 0 Å². The van der Waals surface area contributed by atoms with E-state index >= 15 is 0 Å². The van der Waals surface area contributed by atoms with Gasteiger partial charge < -0.3 is 10.2 Å². The molecule has 0 aromatic carbocycles. The summed E-state index contributed by atoms with van der Waals surface area (Å²) in [5.41, 5.74) is 4.52. The van der Waals surface area contributed by atoms with E-state index in [4.69, 9.17) is 5.11 Å². The summed E-state index contributed by atoms with van der Waals surface area (Å²) in [4.78, 5) is 0. The first-order valence-electron chi connectivity index (χ1n) is 8.87. The maximum atomic E-state index is 10.6. The van der Waals surface area contributed by atoms with Gasteiger partial charge >= 0.3 is 0 Å². The van der Waals surface area contributed by atoms with Crippen molar-refractivity contribution in [2.75, 3.05) is 6.61 Å². The fourth-order valence-corrected chi connectivity index (χ4v) is 5.18. The van der Waals surface area contributed by atoms with Crippen molar-refractivity contribution in [1.82, 2.24) is 0 Å². The van der Waals surface area contributed by atoms with Crippen LogP contribution < -0.4 is 0 Å². The highest BCUT2D eigenvalue weighted by atomic mass is 16.3. The highest BCUT2D eigenvalue weighted by Crippen LogP contribution is 2.60. The Labute approximate surface area is 136 Å². The summed E-state index contributed by atoms with van der Waals surface area (Å²) in [7, 11) is 0. The molecule has 0 unspecified atom stereocenters. The Bertz CT molecular complexity index is 472. The first-order valence-corrected chi connectivity index (χ1v) is 8.87. The fourth-order valence-electron chi connectivity index (χ4n) is 5.18. The monoisotopic (exact) mass is 306 g/mol. The van der Waals surface area contributed by atoms with Gasteiger partial charge in [0.05, 0.1) is 12.7 Å². The van der Waals surface area contributed by atoms with Gasteiger partial charge in [-0.1, -0.05) is 44.4 Å². The number of rotatable bonds is 4. The molecule has 2 aliphatic rings. The van der Waals surface area contributed by atoms with Gasteiger partial charge in [-0.3, -0.25) is 0 Å². The maximum Gasteiger partial charge on any atom is 0.0753 e. The molecule has 0 bridgehead atoms. The summed E-state index contributed by atoms with van der Waals surface area (Å²) in [5, 5.41) is 19.6. The Morgan fingerprint density at radius 1 is 1.27 bits per heavy atom. The van der Waals surface area contributed by atoms with Crippen LogP contribution in [0.1, 0.15) is 73.1 Å². The van der Waals surface area contributed by atoms with Gasteiger partial charge in [-0.25, -0.2) is 0 Å². The molecule has 0 aromatic heterocycles. The van der Waals surface area contributed by atoms with Crippen molar-refractivity contribution in [2.45, 2.75) is 79.2 Å².